The van der Waals surface area contributed by atoms with Crippen LogP contribution in [0.15, 0.2) is 24.3 Å². The van der Waals surface area contributed by atoms with E-state index in [1.54, 1.807) is 0 Å². The van der Waals surface area contributed by atoms with E-state index in [0.717, 1.165) is 24.2 Å². The lowest BCUT2D eigenvalue weighted by molar-refractivity contribution is -0.137. The topological polar surface area (TPSA) is 70.6 Å². The van der Waals surface area contributed by atoms with Crippen molar-refractivity contribution >= 4 is 22.9 Å². The van der Waals surface area contributed by atoms with Gasteiger partial charge in [0.05, 0.1) is 30.9 Å². The van der Waals surface area contributed by atoms with E-state index in [1.807, 2.05) is 11.8 Å². The molecule has 1 fully saturated rings. The van der Waals surface area contributed by atoms with Crippen LogP contribution in [0, 0.1) is 0 Å². The minimum atomic E-state index is -4.51. The molecule has 0 bridgehead atoms. The summed E-state index contributed by atoms with van der Waals surface area (Å²) in [4.78, 5) is 16.4. The highest BCUT2D eigenvalue weighted by Gasteiger charge is 2.33. The molecule has 29 heavy (non-hydrogen) atoms. The Labute approximate surface area is 170 Å². The van der Waals surface area contributed by atoms with E-state index in [2.05, 4.69) is 20.4 Å². The maximum absolute atomic E-state index is 13.0. The Morgan fingerprint density at radius 1 is 1.17 bits per heavy atom. The van der Waals surface area contributed by atoms with Crippen LogP contribution < -0.4 is 10.1 Å². The molecule has 0 aliphatic carbocycles. The number of hydrogen-bond donors (Lipinski definition) is 1. The quantitative estimate of drug-likeness (QED) is 0.730. The highest BCUT2D eigenvalue weighted by atomic mass is 32.1. The summed E-state index contributed by atoms with van der Waals surface area (Å²) in [6.07, 6.45) is -4.51. The van der Waals surface area contributed by atoms with E-state index in [9.17, 15) is 18.0 Å². The summed E-state index contributed by atoms with van der Waals surface area (Å²) < 4.78 is 44.4. The third-order valence-electron chi connectivity index (χ3n) is 4.41. The lowest BCUT2D eigenvalue weighted by Crippen LogP contribution is -2.48. The number of amides is 1. The molecule has 158 valence electrons. The number of halogens is 3. The number of hydrogen-bond acceptors (Lipinski definition) is 7. The molecule has 1 amide bonds. The van der Waals surface area contributed by atoms with E-state index in [-0.39, 0.29) is 12.2 Å². The SMILES string of the molecule is CCOc1nnc(CN2CCN(CC(=O)Nc3ccccc3C(F)(F)F)CC2)s1. The molecule has 3 rings (SSSR count). The maximum Gasteiger partial charge on any atom is 0.418 e. The Morgan fingerprint density at radius 2 is 1.86 bits per heavy atom. The fraction of sp³-hybridized carbons (Fsp3) is 0.500. The van der Waals surface area contributed by atoms with Crippen molar-refractivity contribution in [3.05, 3.63) is 34.8 Å². The molecule has 1 aromatic carbocycles. The molecule has 0 saturated carbocycles. The van der Waals surface area contributed by atoms with E-state index < -0.39 is 17.6 Å². The van der Waals surface area contributed by atoms with Crippen molar-refractivity contribution in [3.8, 4) is 5.19 Å². The first kappa shape index (κ1) is 21.5. The Balaban J connectivity index is 1.46. The van der Waals surface area contributed by atoms with Gasteiger partial charge in [0.25, 0.3) is 5.19 Å². The van der Waals surface area contributed by atoms with Crippen LogP contribution in [0.5, 0.6) is 5.19 Å². The summed E-state index contributed by atoms with van der Waals surface area (Å²) in [5.41, 5.74) is -1.06. The predicted molar refractivity (Wildman–Crippen MR) is 103 cm³/mol. The minimum Gasteiger partial charge on any atom is -0.469 e. The third kappa shape index (κ3) is 6.12. The normalized spacial score (nSPS) is 16.0. The van der Waals surface area contributed by atoms with E-state index >= 15 is 0 Å². The van der Waals surface area contributed by atoms with Gasteiger partial charge in [0.15, 0.2) is 0 Å². The fourth-order valence-electron chi connectivity index (χ4n) is 3.01. The molecule has 11 heteroatoms. The van der Waals surface area contributed by atoms with Crippen LogP contribution in [0.2, 0.25) is 0 Å². The number of ether oxygens (including phenoxy) is 1. The van der Waals surface area contributed by atoms with Crippen molar-refractivity contribution in [3.63, 3.8) is 0 Å². The highest BCUT2D eigenvalue weighted by Crippen LogP contribution is 2.34. The fourth-order valence-corrected chi connectivity index (χ4v) is 3.80. The Morgan fingerprint density at radius 3 is 2.55 bits per heavy atom. The Kier molecular flexibility index (Phi) is 7.04. The van der Waals surface area contributed by atoms with Crippen LogP contribution in [0.3, 0.4) is 0 Å². The zero-order valence-electron chi connectivity index (χ0n) is 15.9. The number of alkyl halides is 3. The molecule has 2 heterocycles. The van der Waals surface area contributed by atoms with Crippen LogP contribution in [-0.2, 0) is 17.5 Å². The molecule has 0 radical (unpaired) electrons. The second-order valence-corrected chi connectivity index (χ2v) is 7.56. The van der Waals surface area contributed by atoms with Crippen molar-refractivity contribution in [2.75, 3.05) is 44.6 Å². The van der Waals surface area contributed by atoms with E-state index in [4.69, 9.17) is 4.74 Å². The summed E-state index contributed by atoms with van der Waals surface area (Å²) >= 11 is 1.41. The van der Waals surface area contributed by atoms with Gasteiger partial charge < -0.3 is 10.1 Å². The molecule has 1 aliphatic rings. The minimum absolute atomic E-state index is 0.0489. The molecule has 0 atom stereocenters. The summed E-state index contributed by atoms with van der Waals surface area (Å²) in [6, 6.07) is 4.98. The van der Waals surface area contributed by atoms with Gasteiger partial charge >= 0.3 is 6.18 Å². The average Bonchev–Trinajstić information content (AvgIpc) is 3.10. The summed E-state index contributed by atoms with van der Waals surface area (Å²) in [5.74, 6) is -0.458. The average molecular weight is 429 g/mol. The number of para-hydroxylation sites is 1. The van der Waals surface area contributed by atoms with Gasteiger partial charge in [-0.25, -0.2) is 0 Å². The molecule has 0 spiro atoms. The van der Waals surface area contributed by atoms with Gasteiger partial charge in [-0.3, -0.25) is 14.6 Å². The van der Waals surface area contributed by atoms with Gasteiger partial charge in [0.2, 0.25) is 5.91 Å². The summed E-state index contributed by atoms with van der Waals surface area (Å²) in [5, 5.41) is 11.9. The summed E-state index contributed by atoms with van der Waals surface area (Å²) in [7, 11) is 0. The first-order valence-corrected chi connectivity index (χ1v) is 10.0. The standard InChI is InChI=1S/C18H22F3N5O2S/c1-2-28-17-24-23-16(29-17)12-26-9-7-25(8-10-26)11-15(27)22-14-6-4-3-5-13(14)18(19,20)21/h3-6H,2,7-12H2,1H3,(H,22,27). The number of rotatable bonds is 7. The van der Waals surface area contributed by atoms with Crippen LogP contribution in [0.1, 0.15) is 17.5 Å². The van der Waals surface area contributed by atoms with Crippen LogP contribution in [0.4, 0.5) is 18.9 Å². The van der Waals surface area contributed by atoms with Gasteiger partial charge in [-0.2, -0.15) is 13.2 Å². The monoisotopic (exact) mass is 429 g/mol. The zero-order valence-corrected chi connectivity index (χ0v) is 16.7. The van der Waals surface area contributed by atoms with Crippen LogP contribution >= 0.6 is 11.3 Å². The molecule has 1 N–H and O–H groups in total. The molecule has 7 nitrogen and oxygen atoms in total. The third-order valence-corrected chi connectivity index (χ3v) is 5.23. The largest absolute Gasteiger partial charge is 0.469 e. The second-order valence-electron chi connectivity index (χ2n) is 6.54. The van der Waals surface area contributed by atoms with E-state index in [1.165, 1.54) is 29.5 Å². The first-order chi connectivity index (χ1) is 13.8. The number of carbonyl (C=O) groups excluding carboxylic acids is 1. The molecule has 0 unspecified atom stereocenters. The molecule has 1 aliphatic heterocycles. The Bertz CT molecular complexity index is 822. The van der Waals surface area contributed by atoms with Crippen molar-refractivity contribution in [1.82, 2.24) is 20.0 Å². The van der Waals surface area contributed by atoms with Gasteiger partial charge in [-0.15, -0.1) is 10.2 Å². The zero-order chi connectivity index (χ0) is 20.9. The van der Waals surface area contributed by atoms with Gasteiger partial charge in [-0.1, -0.05) is 23.5 Å². The van der Waals surface area contributed by atoms with Crippen LogP contribution in [-0.4, -0.2) is 65.2 Å². The van der Waals surface area contributed by atoms with E-state index in [0.29, 0.717) is 31.4 Å². The molecule has 1 saturated heterocycles. The highest BCUT2D eigenvalue weighted by molar-refractivity contribution is 7.13. The number of nitrogens with zero attached hydrogens (tertiary/aromatic N) is 4. The number of aromatic nitrogens is 2. The van der Waals surface area contributed by atoms with Crippen molar-refractivity contribution < 1.29 is 22.7 Å². The van der Waals surface area contributed by atoms with Gasteiger partial charge in [0.1, 0.15) is 5.01 Å². The van der Waals surface area contributed by atoms with Crippen LogP contribution in [0.25, 0.3) is 0 Å². The molecule has 1 aromatic heterocycles. The van der Waals surface area contributed by atoms with Crippen molar-refractivity contribution in [1.29, 1.82) is 0 Å². The lowest BCUT2D eigenvalue weighted by atomic mass is 10.1. The second kappa shape index (κ2) is 9.51. The lowest BCUT2D eigenvalue weighted by Gasteiger charge is -2.33. The molecule has 2 aromatic rings. The van der Waals surface area contributed by atoms with Gasteiger partial charge in [0, 0.05) is 26.2 Å². The smallest absolute Gasteiger partial charge is 0.418 e. The predicted octanol–water partition coefficient (Wildman–Crippen LogP) is 2.71. The summed E-state index contributed by atoms with van der Waals surface area (Å²) in [6.45, 7) is 5.89. The number of carbonyl (C=O) groups is 1. The number of nitrogens with one attached hydrogen (secondary N) is 1. The number of piperazine rings is 1. The Hall–Kier alpha value is -2.24. The number of benzene rings is 1. The molecular weight excluding hydrogens is 407 g/mol. The van der Waals surface area contributed by atoms with Gasteiger partial charge in [-0.05, 0) is 19.1 Å². The molecular formula is C18H22F3N5O2S. The number of anilines is 1. The maximum atomic E-state index is 13.0. The first-order valence-electron chi connectivity index (χ1n) is 9.21. The van der Waals surface area contributed by atoms with Crippen molar-refractivity contribution in [2.24, 2.45) is 0 Å². The van der Waals surface area contributed by atoms with Crippen molar-refractivity contribution in [2.45, 2.75) is 19.6 Å².